The Morgan fingerprint density at radius 2 is 2.00 bits per heavy atom. The molecule has 1 amide bonds. The van der Waals surface area contributed by atoms with Crippen LogP contribution in [-0.4, -0.2) is 47.3 Å². The van der Waals surface area contributed by atoms with Crippen LogP contribution in [-0.2, 0) is 11.2 Å². The Kier molecular flexibility index (Phi) is 5.06. The first-order valence-corrected chi connectivity index (χ1v) is 7.81. The van der Waals surface area contributed by atoms with Crippen LogP contribution in [0.4, 0.5) is 8.78 Å². The van der Waals surface area contributed by atoms with Crippen molar-refractivity contribution in [3.8, 4) is 11.8 Å². The molecule has 1 aromatic carbocycles. The summed E-state index contributed by atoms with van der Waals surface area (Å²) in [5.41, 5.74) is 0.178. The number of amides is 1. The van der Waals surface area contributed by atoms with Crippen molar-refractivity contribution < 1.29 is 23.0 Å². The highest BCUT2D eigenvalue weighted by molar-refractivity contribution is 5.79. The van der Waals surface area contributed by atoms with Crippen molar-refractivity contribution >= 4 is 5.91 Å². The van der Waals surface area contributed by atoms with Gasteiger partial charge in [0, 0.05) is 31.2 Å². The van der Waals surface area contributed by atoms with Gasteiger partial charge >= 0.3 is 0 Å². The number of methoxy groups -OCH3 is 1. The molecule has 0 aliphatic carbocycles. The topological polar surface area (TPSA) is 64.6 Å². The number of hydrogen-bond acceptors (Lipinski definition) is 5. The quantitative estimate of drug-likeness (QED) is 0.826. The zero-order chi connectivity index (χ0) is 17.8. The number of likely N-dealkylation sites (tertiary alicyclic amines) is 1. The summed E-state index contributed by atoms with van der Waals surface area (Å²) < 4.78 is 37.2. The fourth-order valence-electron chi connectivity index (χ4n) is 2.64. The number of aromatic nitrogens is 2. The molecule has 25 heavy (non-hydrogen) atoms. The molecular formula is C17H17F2N3O3. The third kappa shape index (κ3) is 4.20. The molecule has 1 fully saturated rings. The first kappa shape index (κ1) is 17.1. The van der Waals surface area contributed by atoms with Crippen LogP contribution in [0.3, 0.4) is 0 Å². The maximum atomic E-state index is 13.7. The minimum Gasteiger partial charge on any atom is -0.480 e. The van der Waals surface area contributed by atoms with E-state index in [1.807, 2.05) is 0 Å². The molecule has 2 heterocycles. The summed E-state index contributed by atoms with van der Waals surface area (Å²) in [7, 11) is 1.49. The van der Waals surface area contributed by atoms with Gasteiger partial charge in [0.05, 0.1) is 20.1 Å². The molecule has 0 N–H and O–H groups in total. The lowest BCUT2D eigenvalue weighted by molar-refractivity contribution is -0.129. The van der Waals surface area contributed by atoms with Crippen LogP contribution >= 0.6 is 0 Å². The van der Waals surface area contributed by atoms with Crippen LogP contribution in [0.15, 0.2) is 30.3 Å². The molecule has 6 nitrogen and oxygen atoms in total. The van der Waals surface area contributed by atoms with Crippen LogP contribution in [0.25, 0.3) is 0 Å². The maximum Gasteiger partial charge on any atom is 0.233 e. The van der Waals surface area contributed by atoms with Crippen LogP contribution in [0, 0.1) is 11.6 Å². The first-order chi connectivity index (χ1) is 12.0. The minimum atomic E-state index is -0.714. The zero-order valence-electron chi connectivity index (χ0n) is 13.6. The van der Waals surface area contributed by atoms with Crippen molar-refractivity contribution in [3.05, 3.63) is 47.5 Å². The Labute approximate surface area is 143 Å². The smallest absolute Gasteiger partial charge is 0.233 e. The van der Waals surface area contributed by atoms with Gasteiger partial charge in [-0.25, -0.2) is 8.78 Å². The van der Waals surface area contributed by atoms with Gasteiger partial charge in [-0.2, -0.15) is 0 Å². The van der Waals surface area contributed by atoms with E-state index in [4.69, 9.17) is 9.47 Å². The Morgan fingerprint density at radius 3 is 2.68 bits per heavy atom. The Bertz CT molecular complexity index is 755. The van der Waals surface area contributed by atoms with E-state index >= 15 is 0 Å². The SMILES string of the molecule is COc1ccc(OC2CCN(C(=O)Cc3ccc(F)cc3F)C2)nn1. The number of rotatable bonds is 5. The lowest BCUT2D eigenvalue weighted by Gasteiger charge is -2.17. The summed E-state index contributed by atoms with van der Waals surface area (Å²) in [5, 5.41) is 7.70. The molecule has 2 aromatic rings. The summed E-state index contributed by atoms with van der Waals surface area (Å²) in [4.78, 5) is 13.9. The van der Waals surface area contributed by atoms with Gasteiger partial charge in [0.2, 0.25) is 17.7 Å². The van der Waals surface area contributed by atoms with Crippen molar-refractivity contribution in [2.45, 2.75) is 18.9 Å². The largest absolute Gasteiger partial charge is 0.480 e. The third-order valence-electron chi connectivity index (χ3n) is 3.97. The van der Waals surface area contributed by atoms with E-state index in [1.165, 1.54) is 13.2 Å². The minimum absolute atomic E-state index is 0.110. The van der Waals surface area contributed by atoms with Crippen molar-refractivity contribution in [1.29, 1.82) is 0 Å². The predicted molar refractivity (Wildman–Crippen MR) is 84.3 cm³/mol. The van der Waals surface area contributed by atoms with Crippen LogP contribution in [0.1, 0.15) is 12.0 Å². The highest BCUT2D eigenvalue weighted by atomic mass is 19.1. The molecule has 0 spiro atoms. The van der Waals surface area contributed by atoms with Gasteiger partial charge in [0.15, 0.2) is 0 Å². The average molecular weight is 349 g/mol. The van der Waals surface area contributed by atoms with Crippen LogP contribution in [0.2, 0.25) is 0 Å². The highest BCUT2D eigenvalue weighted by Gasteiger charge is 2.28. The molecular weight excluding hydrogens is 332 g/mol. The predicted octanol–water partition coefficient (Wildman–Crippen LogP) is 1.99. The molecule has 1 unspecified atom stereocenters. The molecule has 1 aliphatic heterocycles. The number of benzene rings is 1. The van der Waals surface area contributed by atoms with Crippen LogP contribution < -0.4 is 9.47 Å². The molecule has 0 bridgehead atoms. The van der Waals surface area contributed by atoms with Crippen molar-refractivity contribution in [3.63, 3.8) is 0 Å². The molecule has 132 valence electrons. The summed E-state index contributed by atoms with van der Waals surface area (Å²) in [6, 6.07) is 6.49. The van der Waals surface area contributed by atoms with E-state index < -0.39 is 11.6 Å². The molecule has 0 radical (unpaired) electrons. The number of ether oxygens (including phenoxy) is 2. The highest BCUT2D eigenvalue weighted by Crippen LogP contribution is 2.19. The van der Waals surface area contributed by atoms with Gasteiger partial charge in [0.25, 0.3) is 0 Å². The lowest BCUT2D eigenvalue weighted by atomic mass is 10.1. The number of carbonyl (C=O) groups excluding carboxylic acids is 1. The van der Waals surface area contributed by atoms with Gasteiger partial charge in [-0.3, -0.25) is 4.79 Å². The monoisotopic (exact) mass is 349 g/mol. The number of carbonyl (C=O) groups is 1. The third-order valence-corrected chi connectivity index (χ3v) is 3.97. The van der Waals surface area contributed by atoms with E-state index in [2.05, 4.69) is 10.2 Å². The average Bonchev–Trinajstić information content (AvgIpc) is 3.07. The van der Waals surface area contributed by atoms with Crippen molar-refractivity contribution in [2.75, 3.05) is 20.2 Å². The fourth-order valence-corrected chi connectivity index (χ4v) is 2.64. The summed E-state index contributed by atoms with van der Waals surface area (Å²) in [5.74, 6) is -0.864. The first-order valence-electron chi connectivity index (χ1n) is 7.81. The maximum absolute atomic E-state index is 13.7. The van der Waals surface area contributed by atoms with E-state index in [1.54, 1.807) is 17.0 Å². The van der Waals surface area contributed by atoms with Gasteiger partial charge in [-0.1, -0.05) is 6.07 Å². The second kappa shape index (κ2) is 7.42. The van der Waals surface area contributed by atoms with Crippen LogP contribution in [0.5, 0.6) is 11.8 Å². The van der Waals surface area contributed by atoms with Crippen molar-refractivity contribution in [2.24, 2.45) is 0 Å². The van der Waals surface area contributed by atoms with Crippen molar-refractivity contribution in [1.82, 2.24) is 15.1 Å². The number of hydrogen-bond donors (Lipinski definition) is 0. The Balaban J connectivity index is 1.55. The number of nitrogens with zero attached hydrogens (tertiary/aromatic N) is 3. The molecule has 1 aromatic heterocycles. The fraction of sp³-hybridized carbons (Fsp3) is 0.353. The standard InChI is InChI=1S/C17H17F2N3O3/c1-24-15-4-5-16(21-20-15)25-13-6-7-22(10-13)17(23)8-11-2-3-12(18)9-14(11)19/h2-5,9,13H,6-8,10H2,1H3. The van der Waals surface area contributed by atoms with Gasteiger partial charge in [-0.15, -0.1) is 10.2 Å². The van der Waals surface area contributed by atoms with Gasteiger partial charge in [0.1, 0.15) is 17.7 Å². The van der Waals surface area contributed by atoms with E-state index in [-0.39, 0.29) is 24.0 Å². The summed E-state index contributed by atoms with van der Waals surface area (Å²) in [6.07, 6.45) is 0.330. The van der Waals surface area contributed by atoms with Gasteiger partial charge in [-0.05, 0) is 11.6 Å². The van der Waals surface area contributed by atoms with E-state index in [9.17, 15) is 13.6 Å². The molecule has 1 aliphatic rings. The summed E-state index contributed by atoms with van der Waals surface area (Å²) >= 11 is 0. The zero-order valence-corrected chi connectivity index (χ0v) is 13.6. The summed E-state index contributed by atoms with van der Waals surface area (Å²) in [6.45, 7) is 0.894. The lowest BCUT2D eigenvalue weighted by Crippen LogP contribution is -2.32. The molecule has 0 saturated carbocycles. The molecule has 1 atom stereocenters. The van der Waals surface area contributed by atoms with Gasteiger partial charge < -0.3 is 14.4 Å². The van der Waals surface area contributed by atoms with E-state index in [0.717, 1.165) is 12.1 Å². The molecule has 1 saturated heterocycles. The second-order valence-corrected chi connectivity index (χ2v) is 5.69. The number of halogens is 2. The second-order valence-electron chi connectivity index (χ2n) is 5.69. The molecule has 3 rings (SSSR count). The Hall–Kier alpha value is -2.77. The Morgan fingerprint density at radius 1 is 1.24 bits per heavy atom. The normalized spacial score (nSPS) is 16.8. The van der Waals surface area contributed by atoms with E-state index in [0.29, 0.717) is 31.3 Å². The molecule has 8 heteroatoms.